The molecular weight excluding hydrogens is 286 g/mol. The van der Waals surface area contributed by atoms with Crippen LogP contribution in [0.2, 0.25) is 0 Å². The van der Waals surface area contributed by atoms with Crippen molar-refractivity contribution in [3.05, 3.63) is 22.8 Å². The van der Waals surface area contributed by atoms with E-state index in [0.717, 1.165) is 15.6 Å². The van der Waals surface area contributed by atoms with E-state index >= 15 is 0 Å². The van der Waals surface area contributed by atoms with Gasteiger partial charge in [0.25, 0.3) is 0 Å². The van der Waals surface area contributed by atoms with Crippen molar-refractivity contribution in [2.75, 3.05) is 18.9 Å². The van der Waals surface area contributed by atoms with Crippen molar-refractivity contribution in [1.29, 1.82) is 0 Å². The highest BCUT2D eigenvalue weighted by atomic mass is 79.9. The summed E-state index contributed by atoms with van der Waals surface area (Å²) in [6.07, 6.45) is 1.68. The first-order valence-electron chi connectivity index (χ1n) is 5.14. The van der Waals surface area contributed by atoms with E-state index < -0.39 is 0 Å². The molecule has 0 spiro atoms. The molecule has 0 aliphatic carbocycles. The van der Waals surface area contributed by atoms with Crippen molar-refractivity contribution in [2.24, 2.45) is 0 Å². The lowest BCUT2D eigenvalue weighted by Gasteiger charge is -2.21. The summed E-state index contributed by atoms with van der Waals surface area (Å²) in [5, 5.41) is 6.62. The van der Waals surface area contributed by atoms with E-state index in [0.29, 0.717) is 30.5 Å². The monoisotopic (exact) mass is 295 g/mol. The van der Waals surface area contributed by atoms with Crippen molar-refractivity contribution in [3.63, 3.8) is 0 Å². The smallest absolute Gasteiger partial charge is 0.176 e. The van der Waals surface area contributed by atoms with Gasteiger partial charge < -0.3 is 15.2 Å². The van der Waals surface area contributed by atoms with Crippen molar-refractivity contribution in [3.8, 4) is 22.6 Å². The van der Waals surface area contributed by atoms with Gasteiger partial charge in [-0.25, -0.2) is 0 Å². The van der Waals surface area contributed by atoms with Gasteiger partial charge in [-0.15, -0.1) is 0 Å². The van der Waals surface area contributed by atoms with Gasteiger partial charge in [-0.3, -0.25) is 5.10 Å². The zero-order valence-corrected chi connectivity index (χ0v) is 10.5. The summed E-state index contributed by atoms with van der Waals surface area (Å²) >= 11 is 3.44. The number of halogens is 1. The fraction of sp³-hybridized carbons (Fsp3) is 0.182. The number of rotatable bonds is 1. The Morgan fingerprint density at radius 3 is 2.65 bits per heavy atom. The second kappa shape index (κ2) is 3.96. The highest BCUT2D eigenvalue weighted by Crippen LogP contribution is 2.45. The number of ether oxygens (including phenoxy) is 2. The second-order valence-electron chi connectivity index (χ2n) is 3.65. The number of anilines is 1. The molecule has 6 heteroatoms. The quantitative estimate of drug-likeness (QED) is 0.846. The molecule has 0 saturated heterocycles. The van der Waals surface area contributed by atoms with Crippen LogP contribution in [0.15, 0.2) is 22.8 Å². The summed E-state index contributed by atoms with van der Waals surface area (Å²) in [5.74, 6) is 1.94. The molecule has 0 radical (unpaired) electrons. The van der Waals surface area contributed by atoms with Crippen LogP contribution in [0.4, 0.5) is 5.82 Å². The lowest BCUT2D eigenvalue weighted by molar-refractivity contribution is 0.171. The number of benzene rings is 1. The number of aromatic amines is 1. The van der Waals surface area contributed by atoms with E-state index in [4.69, 9.17) is 15.2 Å². The molecule has 3 rings (SSSR count). The first kappa shape index (κ1) is 10.5. The number of hydrogen-bond acceptors (Lipinski definition) is 4. The summed E-state index contributed by atoms with van der Waals surface area (Å²) in [4.78, 5) is 0. The molecule has 5 nitrogen and oxygen atoms in total. The Morgan fingerprint density at radius 2 is 1.94 bits per heavy atom. The van der Waals surface area contributed by atoms with Crippen LogP contribution in [0.5, 0.6) is 11.5 Å². The predicted octanol–water partition coefficient (Wildman–Crippen LogP) is 2.19. The standard InChI is InChI=1S/C11H10BrN3O2/c12-8-2-1-6(7-5-14-15-11(7)13)9-10(8)17-4-3-16-9/h1-2,5H,3-4H2,(H3,13,14,15). The summed E-state index contributed by atoms with van der Waals surface area (Å²) < 4.78 is 12.1. The van der Waals surface area contributed by atoms with Crippen molar-refractivity contribution in [1.82, 2.24) is 10.2 Å². The van der Waals surface area contributed by atoms with Gasteiger partial charge in [0.2, 0.25) is 0 Å². The van der Waals surface area contributed by atoms with Crippen LogP contribution in [-0.4, -0.2) is 23.4 Å². The van der Waals surface area contributed by atoms with Gasteiger partial charge in [-0.2, -0.15) is 5.10 Å². The van der Waals surface area contributed by atoms with E-state index in [9.17, 15) is 0 Å². The third-order valence-electron chi connectivity index (χ3n) is 2.60. The molecule has 0 atom stereocenters. The van der Waals surface area contributed by atoms with Crippen LogP contribution in [0, 0.1) is 0 Å². The number of nitrogen functional groups attached to an aromatic ring is 1. The minimum Gasteiger partial charge on any atom is -0.485 e. The van der Waals surface area contributed by atoms with Gasteiger partial charge in [-0.05, 0) is 28.1 Å². The zero-order valence-electron chi connectivity index (χ0n) is 8.87. The number of nitrogens with two attached hydrogens (primary N) is 1. The maximum Gasteiger partial charge on any atom is 0.176 e. The first-order valence-corrected chi connectivity index (χ1v) is 5.94. The number of nitrogens with zero attached hydrogens (tertiary/aromatic N) is 1. The van der Waals surface area contributed by atoms with Gasteiger partial charge in [0.1, 0.15) is 19.0 Å². The number of H-pyrrole nitrogens is 1. The number of aromatic nitrogens is 2. The summed E-state index contributed by atoms with van der Waals surface area (Å²) in [5.41, 5.74) is 7.52. The Bertz CT molecular complexity index is 568. The lowest BCUT2D eigenvalue weighted by Crippen LogP contribution is -2.16. The lowest BCUT2D eigenvalue weighted by atomic mass is 10.1. The minimum atomic E-state index is 0.517. The molecule has 3 N–H and O–H groups in total. The van der Waals surface area contributed by atoms with E-state index in [-0.39, 0.29) is 0 Å². The SMILES string of the molecule is Nc1[nH]ncc1-c1ccc(Br)c2c1OCCO2. The van der Waals surface area contributed by atoms with E-state index in [2.05, 4.69) is 26.1 Å². The Labute approximate surface area is 106 Å². The molecule has 0 unspecified atom stereocenters. The molecule has 2 heterocycles. The molecule has 1 aromatic heterocycles. The first-order chi connectivity index (χ1) is 8.27. The Balaban J connectivity index is 2.21. The maximum absolute atomic E-state index is 5.82. The third kappa shape index (κ3) is 1.64. The van der Waals surface area contributed by atoms with Crippen LogP contribution in [-0.2, 0) is 0 Å². The van der Waals surface area contributed by atoms with E-state index in [1.54, 1.807) is 6.20 Å². The highest BCUT2D eigenvalue weighted by Gasteiger charge is 2.21. The zero-order chi connectivity index (χ0) is 11.8. The molecule has 0 fully saturated rings. The Morgan fingerprint density at radius 1 is 1.18 bits per heavy atom. The maximum atomic E-state index is 5.82. The van der Waals surface area contributed by atoms with Gasteiger partial charge in [-0.1, -0.05) is 0 Å². The molecule has 1 aromatic carbocycles. The van der Waals surface area contributed by atoms with Gasteiger partial charge in [0.15, 0.2) is 11.5 Å². The normalized spacial score (nSPS) is 13.7. The largest absolute Gasteiger partial charge is 0.485 e. The molecule has 0 bridgehead atoms. The topological polar surface area (TPSA) is 73.2 Å². The predicted molar refractivity (Wildman–Crippen MR) is 67.1 cm³/mol. The molecule has 2 aromatic rings. The average Bonchev–Trinajstić information content (AvgIpc) is 2.77. The van der Waals surface area contributed by atoms with Crippen LogP contribution >= 0.6 is 15.9 Å². The van der Waals surface area contributed by atoms with Crippen LogP contribution in [0.25, 0.3) is 11.1 Å². The molecule has 1 aliphatic rings. The number of hydrogen-bond donors (Lipinski definition) is 2. The number of fused-ring (bicyclic) bond motifs is 1. The van der Waals surface area contributed by atoms with Crippen LogP contribution in [0.1, 0.15) is 0 Å². The van der Waals surface area contributed by atoms with Gasteiger partial charge >= 0.3 is 0 Å². The molecule has 88 valence electrons. The van der Waals surface area contributed by atoms with Gasteiger partial charge in [0, 0.05) is 11.1 Å². The fourth-order valence-corrected chi connectivity index (χ4v) is 2.25. The summed E-state index contributed by atoms with van der Waals surface area (Å²) in [6, 6.07) is 3.84. The van der Waals surface area contributed by atoms with E-state index in [1.165, 1.54) is 0 Å². The Hall–Kier alpha value is -1.69. The number of nitrogens with one attached hydrogen (secondary N) is 1. The molecule has 0 amide bonds. The Kier molecular flexibility index (Phi) is 2.44. The molecule has 0 saturated carbocycles. The van der Waals surface area contributed by atoms with Crippen LogP contribution < -0.4 is 15.2 Å². The third-order valence-corrected chi connectivity index (χ3v) is 3.22. The summed E-state index contributed by atoms with van der Waals surface area (Å²) in [6.45, 7) is 1.09. The molecular formula is C11H10BrN3O2. The van der Waals surface area contributed by atoms with Gasteiger partial charge in [0.05, 0.1) is 10.7 Å². The molecule has 17 heavy (non-hydrogen) atoms. The van der Waals surface area contributed by atoms with E-state index in [1.807, 2.05) is 12.1 Å². The highest BCUT2D eigenvalue weighted by molar-refractivity contribution is 9.10. The summed E-state index contributed by atoms with van der Waals surface area (Å²) in [7, 11) is 0. The average molecular weight is 296 g/mol. The van der Waals surface area contributed by atoms with Crippen LogP contribution in [0.3, 0.4) is 0 Å². The minimum absolute atomic E-state index is 0.517. The second-order valence-corrected chi connectivity index (χ2v) is 4.50. The van der Waals surface area contributed by atoms with Crippen molar-refractivity contribution < 1.29 is 9.47 Å². The molecule has 1 aliphatic heterocycles. The fourth-order valence-electron chi connectivity index (χ4n) is 1.83. The van der Waals surface area contributed by atoms with Crippen molar-refractivity contribution in [2.45, 2.75) is 0 Å². The van der Waals surface area contributed by atoms with Crippen molar-refractivity contribution >= 4 is 21.7 Å².